The van der Waals surface area contributed by atoms with Crippen LogP contribution in [0.25, 0.3) is 10.6 Å². The molecule has 0 amide bonds. The Labute approximate surface area is 173 Å². The number of pyridine rings is 2. The fourth-order valence-corrected chi connectivity index (χ4v) is 4.65. The summed E-state index contributed by atoms with van der Waals surface area (Å²) in [5.41, 5.74) is 1.93. The molecule has 1 fully saturated rings. The summed E-state index contributed by atoms with van der Waals surface area (Å²) in [7, 11) is -3.64. The number of piperazine rings is 1. The van der Waals surface area contributed by atoms with Crippen LogP contribution in [0.5, 0.6) is 0 Å². The maximum absolute atomic E-state index is 11.5. The topological polar surface area (TPSA) is 117 Å². The van der Waals surface area contributed by atoms with Crippen LogP contribution in [-0.4, -0.2) is 53.9 Å². The van der Waals surface area contributed by atoms with Crippen LogP contribution in [0.1, 0.15) is 5.56 Å². The van der Waals surface area contributed by atoms with Crippen molar-refractivity contribution in [3.05, 3.63) is 48.3 Å². The highest BCUT2D eigenvalue weighted by atomic mass is 32.2. The van der Waals surface area contributed by atoms with E-state index in [2.05, 4.69) is 25.2 Å². The van der Waals surface area contributed by atoms with Crippen molar-refractivity contribution >= 4 is 38.3 Å². The zero-order valence-electron chi connectivity index (χ0n) is 15.8. The summed E-state index contributed by atoms with van der Waals surface area (Å²) >= 11 is 1.53. The highest BCUT2D eigenvalue weighted by Crippen LogP contribution is 2.31. The number of aromatic nitrogens is 3. The molecule has 3 N–H and O–H groups in total. The number of nitrogens with zero attached hydrogens (tertiary/aromatic N) is 5. The smallest absolute Gasteiger partial charge is 0.277 e. The number of hydrogen-bond donors (Lipinski definition) is 2. The lowest BCUT2D eigenvalue weighted by Crippen LogP contribution is -2.50. The zero-order chi connectivity index (χ0) is 20.4. The van der Waals surface area contributed by atoms with Crippen molar-refractivity contribution in [3.8, 4) is 10.6 Å². The fourth-order valence-electron chi connectivity index (χ4n) is 3.04. The van der Waals surface area contributed by atoms with Gasteiger partial charge < -0.3 is 10.2 Å². The maximum Gasteiger partial charge on any atom is 0.277 e. The van der Waals surface area contributed by atoms with Gasteiger partial charge in [0.25, 0.3) is 10.2 Å². The van der Waals surface area contributed by atoms with Crippen molar-refractivity contribution in [1.82, 2.24) is 19.3 Å². The van der Waals surface area contributed by atoms with Crippen LogP contribution in [0.2, 0.25) is 0 Å². The minimum Gasteiger partial charge on any atom is -0.345 e. The number of nitrogens with two attached hydrogens (primary N) is 1. The molecule has 0 spiro atoms. The molecular formula is C18H21N7O2S2. The Balaban J connectivity index is 1.47. The average Bonchev–Trinajstić information content (AvgIpc) is 3.18. The molecule has 0 atom stereocenters. The van der Waals surface area contributed by atoms with Crippen LogP contribution in [0.3, 0.4) is 0 Å². The van der Waals surface area contributed by atoms with Gasteiger partial charge in [-0.25, -0.2) is 20.1 Å². The van der Waals surface area contributed by atoms with Crippen molar-refractivity contribution in [2.75, 3.05) is 36.4 Å². The Morgan fingerprint density at radius 1 is 1.10 bits per heavy atom. The van der Waals surface area contributed by atoms with Gasteiger partial charge in [0.1, 0.15) is 11.6 Å². The second kappa shape index (κ2) is 8.03. The summed E-state index contributed by atoms with van der Waals surface area (Å²) in [6.07, 6.45) is 3.55. The van der Waals surface area contributed by atoms with E-state index >= 15 is 0 Å². The molecule has 0 saturated carbocycles. The number of thiazole rings is 1. The molecule has 0 bridgehead atoms. The van der Waals surface area contributed by atoms with Crippen molar-refractivity contribution in [2.24, 2.45) is 5.14 Å². The number of aryl methyl sites for hydroxylation is 1. The molecule has 0 aromatic carbocycles. The second-order valence-electron chi connectivity index (χ2n) is 6.69. The molecule has 3 aromatic heterocycles. The SMILES string of the molecule is Cc1ccnc(Nc2cccc(-c3cnc(N4CCN(S(N)(=O)=O)CC4)s3)n2)c1. The lowest BCUT2D eigenvalue weighted by molar-refractivity contribution is 0.385. The standard InChI is InChI=1S/C18H21N7O2S2/c1-13-5-6-20-17(11-13)23-16-4-2-3-14(22-16)15-12-21-18(28-15)24-7-9-25(10-8-24)29(19,26)27/h2-6,11-12H,7-10H2,1H3,(H2,19,26,27)(H,20,22,23). The molecule has 1 saturated heterocycles. The Bertz CT molecular complexity index is 1110. The molecule has 4 rings (SSSR count). The molecule has 0 unspecified atom stereocenters. The number of nitrogens with one attached hydrogen (secondary N) is 1. The third kappa shape index (κ3) is 4.70. The lowest BCUT2D eigenvalue weighted by atomic mass is 10.3. The minimum absolute atomic E-state index is 0.356. The van der Waals surface area contributed by atoms with Gasteiger partial charge in [0.2, 0.25) is 0 Å². The monoisotopic (exact) mass is 431 g/mol. The average molecular weight is 432 g/mol. The third-order valence-electron chi connectivity index (χ3n) is 4.54. The molecule has 4 heterocycles. The van der Waals surface area contributed by atoms with Crippen molar-refractivity contribution < 1.29 is 8.42 Å². The second-order valence-corrected chi connectivity index (χ2v) is 9.25. The first-order chi connectivity index (χ1) is 13.9. The number of hydrogen-bond acceptors (Lipinski definition) is 8. The van der Waals surface area contributed by atoms with E-state index in [9.17, 15) is 8.42 Å². The minimum atomic E-state index is -3.64. The third-order valence-corrected chi connectivity index (χ3v) is 6.70. The van der Waals surface area contributed by atoms with E-state index < -0.39 is 10.2 Å². The molecule has 9 nitrogen and oxygen atoms in total. The van der Waals surface area contributed by atoms with Crippen molar-refractivity contribution in [3.63, 3.8) is 0 Å². The van der Waals surface area contributed by atoms with E-state index in [4.69, 9.17) is 5.14 Å². The highest BCUT2D eigenvalue weighted by molar-refractivity contribution is 7.86. The summed E-state index contributed by atoms with van der Waals surface area (Å²) in [6.45, 7) is 3.83. The van der Waals surface area contributed by atoms with E-state index in [1.165, 1.54) is 15.6 Å². The first-order valence-electron chi connectivity index (χ1n) is 9.04. The maximum atomic E-state index is 11.5. The summed E-state index contributed by atoms with van der Waals surface area (Å²) < 4.78 is 24.2. The summed E-state index contributed by atoms with van der Waals surface area (Å²) in [5.74, 6) is 1.45. The van der Waals surface area contributed by atoms with Crippen LogP contribution in [0.4, 0.5) is 16.8 Å². The van der Waals surface area contributed by atoms with Gasteiger partial charge in [0.05, 0.1) is 10.6 Å². The number of rotatable bonds is 5. The van der Waals surface area contributed by atoms with Gasteiger partial charge in [-0.05, 0) is 36.8 Å². The summed E-state index contributed by atoms with van der Waals surface area (Å²) in [4.78, 5) is 16.5. The van der Waals surface area contributed by atoms with Gasteiger partial charge >= 0.3 is 0 Å². The molecular weight excluding hydrogens is 410 g/mol. The predicted octanol–water partition coefficient (Wildman–Crippen LogP) is 1.98. The highest BCUT2D eigenvalue weighted by Gasteiger charge is 2.25. The Kier molecular flexibility index (Phi) is 5.46. The normalized spacial score (nSPS) is 15.4. The van der Waals surface area contributed by atoms with Gasteiger partial charge in [-0.2, -0.15) is 12.7 Å². The van der Waals surface area contributed by atoms with E-state index in [0.29, 0.717) is 32.0 Å². The van der Waals surface area contributed by atoms with Gasteiger partial charge in [0, 0.05) is 38.6 Å². The first kappa shape index (κ1) is 19.7. The van der Waals surface area contributed by atoms with Crippen LogP contribution in [0, 0.1) is 6.92 Å². The van der Waals surface area contributed by atoms with E-state index in [1.54, 1.807) is 12.4 Å². The molecule has 3 aromatic rings. The van der Waals surface area contributed by atoms with Gasteiger partial charge in [-0.15, -0.1) is 0 Å². The number of anilines is 3. The van der Waals surface area contributed by atoms with Gasteiger partial charge in [0.15, 0.2) is 5.13 Å². The van der Waals surface area contributed by atoms with Crippen LogP contribution in [-0.2, 0) is 10.2 Å². The Hall–Kier alpha value is -2.60. The predicted molar refractivity (Wildman–Crippen MR) is 114 cm³/mol. The first-order valence-corrected chi connectivity index (χ1v) is 11.4. The molecule has 29 heavy (non-hydrogen) atoms. The quantitative estimate of drug-likeness (QED) is 0.634. The molecule has 11 heteroatoms. The largest absolute Gasteiger partial charge is 0.345 e. The zero-order valence-corrected chi connectivity index (χ0v) is 17.4. The molecule has 1 aliphatic rings. The van der Waals surface area contributed by atoms with E-state index in [1.807, 2.05) is 37.3 Å². The summed E-state index contributed by atoms with van der Waals surface area (Å²) in [5, 5.41) is 9.26. The van der Waals surface area contributed by atoms with Crippen LogP contribution >= 0.6 is 11.3 Å². The Morgan fingerprint density at radius 2 is 1.90 bits per heavy atom. The molecule has 0 radical (unpaired) electrons. The van der Waals surface area contributed by atoms with E-state index in [0.717, 1.165) is 27.1 Å². The van der Waals surface area contributed by atoms with E-state index in [-0.39, 0.29) is 0 Å². The fraction of sp³-hybridized carbons (Fsp3) is 0.278. The van der Waals surface area contributed by atoms with Gasteiger partial charge in [-0.1, -0.05) is 17.4 Å². The van der Waals surface area contributed by atoms with Gasteiger partial charge in [-0.3, -0.25) is 0 Å². The van der Waals surface area contributed by atoms with Crippen LogP contribution < -0.4 is 15.4 Å². The van der Waals surface area contributed by atoms with Crippen molar-refractivity contribution in [1.29, 1.82) is 0 Å². The summed E-state index contributed by atoms with van der Waals surface area (Å²) in [6, 6.07) is 9.66. The molecule has 0 aliphatic carbocycles. The Morgan fingerprint density at radius 3 is 2.62 bits per heavy atom. The van der Waals surface area contributed by atoms with Crippen LogP contribution in [0.15, 0.2) is 42.7 Å². The van der Waals surface area contributed by atoms with Crippen molar-refractivity contribution in [2.45, 2.75) is 6.92 Å². The lowest BCUT2D eigenvalue weighted by Gasteiger charge is -2.32. The molecule has 152 valence electrons. The molecule has 1 aliphatic heterocycles.